The molecular weight excluding hydrogens is 612 g/mol. The average molecular weight is 634 g/mol. The van der Waals surface area contributed by atoms with E-state index in [1.54, 1.807) is 0 Å². The molecule has 0 fully saturated rings. The highest BCUT2D eigenvalue weighted by Crippen LogP contribution is 2.35. The van der Waals surface area contributed by atoms with Crippen molar-refractivity contribution < 1.29 is 54.5 Å². The molecule has 0 unspecified atom stereocenters. The van der Waals surface area contributed by atoms with Gasteiger partial charge in [0.05, 0.1) is 35.6 Å². The van der Waals surface area contributed by atoms with Crippen LogP contribution in [0.4, 0.5) is 36.8 Å². The Morgan fingerprint density at radius 2 is 1.60 bits per heavy atom. The van der Waals surface area contributed by atoms with Crippen LogP contribution < -0.4 is 10.1 Å². The van der Waals surface area contributed by atoms with Crippen LogP contribution in [0.2, 0.25) is 0 Å². The fourth-order valence-electron chi connectivity index (χ4n) is 3.90. The van der Waals surface area contributed by atoms with Gasteiger partial charge in [-0.25, -0.2) is 22.7 Å². The van der Waals surface area contributed by atoms with Crippen LogP contribution in [0.5, 0.6) is 5.75 Å². The number of nitrogens with zero attached hydrogens (tertiary/aromatic N) is 4. The Bertz CT molecular complexity index is 1720. The number of anilines is 1. The molecule has 0 aliphatic carbocycles. The normalized spacial score (nSPS) is 12.6. The van der Waals surface area contributed by atoms with E-state index in [0.29, 0.717) is 22.7 Å². The average Bonchev–Trinajstić information content (AvgIpc) is 3.33. The molecule has 0 radical (unpaired) electrons. The summed E-state index contributed by atoms with van der Waals surface area (Å²) in [6, 6.07) is 8.64. The number of sulfonamides is 1. The Labute approximate surface area is 239 Å². The molecular formula is C25H21F6N5O6S. The molecule has 0 spiro atoms. The summed E-state index contributed by atoms with van der Waals surface area (Å²) in [4.78, 5) is 16.4. The van der Waals surface area contributed by atoms with Gasteiger partial charge in [0.15, 0.2) is 17.1 Å². The summed E-state index contributed by atoms with van der Waals surface area (Å²) < 4.78 is 112. The van der Waals surface area contributed by atoms with E-state index in [1.165, 1.54) is 18.2 Å². The number of ether oxygens (including phenoxy) is 1. The lowest BCUT2D eigenvalue weighted by Crippen LogP contribution is -2.35. The zero-order valence-electron chi connectivity index (χ0n) is 21.6. The van der Waals surface area contributed by atoms with Gasteiger partial charge in [-0.2, -0.15) is 35.7 Å². The van der Waals surface area contributed by atoms with Gasteiger partial charge in [-0.15, -0.1) is 0 Å². The lowest BCUT2D eigenvalue weighted by Gasteiger charge is -2.20. The summed E-state index contributed by atoms with van der Waals surface area (Å²) in [5.74, 6) is -0.544. The van der Waals surface area contributed by atoms with Crippen LogP contribution in [0.15, 0.2) is 65.7 Å². The van der Waals surface area contributed by atoms with Gasteiger partial charge in [0.2, 0.25) is 10.0 Å². The van der Waals surface area contributed by atoms with Crippen molar-refractivity contribution in [2.24, 2.45) is 0 Å². The SMILES string of the molecule is O=C(Nc1cccc(S(=O)(=O)N(CCO)CCO)c1)Oc1cnn2c(C(F)(F)F)cc(-c3ccc(C(F)(F)F)cc3)nc12. The van der Waals surface area contributed by atoms with Crippen LogP contribution in [0.3, 0.4) is 0 Å². The van der Waals surface area contributed by atoms with Crippen LogP contribution >= 0.6 is 0 Å². The molecule has 2 aromatic heterocycles. The number of hydrogen-bond donors (Lipinski definition) is 3. The number of benzene rings is 2. The van der Waals surface area contributed by atoms with Gasteiger partial charge in [-0.3, -0.25) is 5.32 Å². The number of alkyl halides is 6. The van der Waals surface area contributed by atoms with Crippen LogP contribution in [0.1, 0.15) is 11.3 Å². The molecule has 3 N–H and O–H groups in total. The molecule has 0 aliphatic heterocycles. The van der Waals surface area contributed by atoms with E-state index in [9.17, 15) is 39.6 Å². The predicted molar refractivity (Wildman–Crippen MR) is 137 cm³/mol. The summed E-state index contributed by atoms with van der Waals surface area (Å²) in [7, 11) is -4.19. The third kappa shape index (κ3) is 7.04. The van der Waals surface area contributed by atoms with Gasteiger partial charge in [0, 0.05) is 24.3 Å². The van der Waals surface area contributed by atoms with Crippen LogP contribution in [-0.2, 0) is 22.4 Å². The molecule has 2 heterocycles. The minimum atomic E-state index is -4.99. The zero-order valence-corrected chi connectivity index (χ0v) is 22.4. The van der Waals surface area contributed by atoms with Gasteiger partial charge >= 0.3 is 18.4 Å². The highest BCUT2D eigenvalue weighted by Gasteiger charge is 2.36. The van der Waals surface area contributed by atoms with Crippen LogP contribution in [-0.4, -0.2) is 69.9 Å². The van der Waals surface area contributed by atoms with E-state index in [1.807, 2.05) is 0 Å². The van der Waals surface area contributed by atoms with E-state index in [4.69, 9.17) is 14.9 Å². The molecule has 43 heavy (non-hydrogen) atoms. The molecule has 0 saturated carbocycles. The number of aromatic nitrogens is 3. The summed E-state index contributed by atoms with van der Waals surface area (Å²) >= 11 is 0. The number of hydrogen-bond acceptors (Lipinski definition) is 8. The molecule has 0 atom stereocenters. The first kappa shape index (κ1) is 31.7. The third-order valence-electron chi connectivity index (χ3n) is 5.86. The van der Waals surface area contributed by atoms with Crippen molar-refractivity contribution >= 4 is 27.5 Å². The van der Waals surface area contributed by atoms with Crippen molar-refractivity contribution in [3.63, 3.8) is 0 Å². The Balaban J connectivity index is 1.64. The van der Waals surface area contributed by atoms with Crippen molar-refractivity contribution in [1.82, 2.24) is 18.9 Å². The van der Waals surface area contributed by atoms with Crippen molar-refractivity contribution in [1.29, 1.82) is 0 Å². The molecule has 0 aliphatic rings. The summed E-state index contributed by atoms with van der Waals surface area (Å²) in [6.07, 6.45) is -10.1. The highest BCUT2D eigenvalue weighted by atomic mass is 32.2. The van der Waals surface area contributed by atoms with Gasteiger partial charge in [0.25, 0.3) is 0 Å². The maximum absolute atomic E-state index is 13.8. The van der Waals surface area contributed by atoms with Crippen molar-refractivity contribution in [3.05, 3.63) is 72.1 Å². The lowest BCUT2D eigenvalue weighted by atomic mass is 10.1. The number of nitrogens with one attached hydrogen (secondary N) is 1. The fourth-order valence-corrected chi connectivity index (χ4v) is 5.36. The summed E-state index contributed by atoms with van der Waals surface area (Å²) in [5.41, 5.74) is -3.52. The van der Waals surface area contributed by atoms with Gasteiger partial charge in [-0.05, 0) is 36.4 Å². The minimum Gasteiger partial charge on any atom is -0.404 e. The van der Waals surface area contributed by atoms with Crippen molar-refractivity contribution in [2.75, 3.05) is 31.6 Å². The number of carbonyl (C=O) groups is 1. The molecule has 230 valence electrons. The number of amides is 1. The first-order chi connectivity index (χ1) is 20.1. The summed E-state index contributed by atoms with van der Waals surface area (Å²) in [5, 5.41) is 24.1. The van der Waals surface area contributed by atoms with Crippen LogP contribution in [0.25, 0.3) is 16.9 Å². The van der Waals surface area contributed by atoms with Crippen LogP contribution in [0, 0.1) is 0 Å². The first-order valence-electron chi connectivity index (χ1n) is 12.1. The second kappa shape index (κ2) is 12.2. The van der Waals surface area contributed by atoms with Gasteiger partial charge in [0.1, 0.15) is 0 Å². The topological polar surface area (TPSA) is 146 Å². The lowest BCUT2D eigenvalue weighted by molar-refractivity contribution is -0.142. The van der Waals surface area contributed by atoms with Gasteiger partial charge in [-0.1, -0.05) is 18.2 Å². The number of aliphatic hydroxyl groups is 2. The zero-order chi connectivity index (χ0) is 31.6. The van der Waals surface area contributed by atoms with Gasteiger partial charge < -0.3 is 14.9 Å². The monoisotopic (exact) mass is 633 g/mol. The molecule has 1 amide bonds. The van der Waals surface area contributed by atoms with E-state index in [0.717, 1.165) is 28.7 Å². The molecule has 2 aromatic carbocycles. The standard InChI is InChI=1S/C25H21F6N5O6S/c26-24(27,28)16-6-4-15(5-7-16)19-13-21(25(29,30)31)36-22(34-19)20(14-32-36)42-23(39)33-17-2-1-3-18(12-17)43(40,41)35(8-10-37)9-11-38/h1-7,12-14,37-38H,8-11H2,(H,33,39). The van der Waals surface area contributed by atoms with E-state index in [-0.39, 0.29) is 34.9 Å². The second-order valence-electron chi connectivity index (χ2n) is 8.74. The maximum atomic E-state index is 13.8. The number of halogens is 6. The van der Waals surface area contributed by atoms with E-state index >= 15 is 0 Å². The predicted octanol–water partition coefficient (Wildman–Crippen LogP) is 4.02. The van der Waals surface area contributed by atoms with Crippen molar-refractivity contribution in [3.8, 4) is 17.0 Å². The molecule has 0 bridgehead atoms. The quantitative estimate of drug-likeness (QED) is 0.235. The maximum Gasteiger partial charge on any atom is 0.433 e. The number of rotatable bonds is 9. The Morgan fingerprint density at radius 1 is 0.953 bits per heavy atom. The van der Waals surface area contributed by atoms with Crippen molar-refractivity contribution in [2.45, 2.75) is 17.2 Å². The number of fused-ring (bicyclic) bond motifs is 1. The minimum absolute atomic E-state index is 0.0907. The Kier molecular flexibility index (Phi) is 8.95. The smallest absolute Gasteiger partial charge is 0.404 e. The molecule has 4 rings (SSSR count). The second-order valence-corrected chi connectivity index (χ2v) is 10.7. The number of aliphatic hydroxyl groups excluding tert-OH is 2. The highest BCUT2D eigenvalue weighted by molar-refractivity contribution is 7.89. The Hall–Kier alpha value is -4.26. The third-order valence-corrected chi connectivity index (χ3v) is 7.75. The first-order valence-corrected chi connectivity index (χ1v) is 13.5. The molecule has 4 aromatic rings. The molecule has 0 saturated heterocycles. The Morgan fingerprint density at radius 3 is 2.19 bits per heavy atom. The number of carbonyl (C=O) groups excluding carboxylic acids is 1. The molecule has 18 heteroatoms. The van der Waals surface area contributed by atoms with E-state index < -0.39 is 64.3 Å². The van der Waals surface area contributed by atoms with E-state index in [2.05, 4.69) is 15.4 Å². The molecule has 11 nitrogen and oxygen atoms in total. The summed E-state index contributed by atoms with van der Waals surface area (Å²) in [6.45, 7) is -1.65. The largest absolute Gasteiger partial charge is 0.433 e. The fraction of sp³-hybridized carbons (Fsp3) is 0.240.